The molecule has 0 radical (unpaired) electrons. The van der Waals surface area contributed by atoms with Gasteiger partial charge in [0.2, 0.25) is 0 Å². The molecular formula is C15H39NO9Si3. The highest BCUT2D eigenvalue weighted by Gasteiger charge is 2.47. The minimum Gasteiger partial charge on any atom is -0.377 e. The van der Waals surface area contributed by atoms with E-state index in [1.165, 1.54) is 0 Å². The Kier molecular flexibility index (Phi) is 14.4. The van der Waals surface area contributed by atoms with E-state index < -0.39 is 26.6 Å². The van der Waals surface area contributed by atoms with Crippen molar-refractivity contribution < 1.29 is 39.8 Å². The SMILES string of the molecule is CO[Si](CCCN(CCC[Si](OC)(OC)OC)[Si](OC)(OC)OC)(OC)OC. The Hall–Kier alpha value is 0.251. The second-order valence-electron chi connectivity index (χ2n) is 5.92. The highest BCUT2D eigenvalue weighted by Crippen LogP contribution is 2.21. The molecule has 13 heteroatoms. The zero-order chi connectivity index (χ0) is 21.7. The van der Waals surface area contributed by atoms with Crippen LogP contribution in [0.4, 0.5) is 0 Å². The Bertz CT molecular complexity index is 346. The van der Waals surface area contributed by atoms with E-state index in [-0.39, 0.29) is 0 Å². The Morgan fingerprint density at radius 3 is 0.964 bits per heavy atom. The summed E-state index contributed by atoms with van der Waals surface area (Å²) >= 11 is 0. The molecule has 0 fully saturated rings. The maximum absolute atomic E-state index is 5.68. The van der Waals surface area contributed by atoms with Crippen molar-refractivity contribution in [3.8, 4) is 0 Å². The average Bonchev–Trinajstić information content (AvgIpc) is 2.76. The van der Waals surface area contributed by atoms with E-state index in [9.17, 15) is 0 Å². The molecule has 0 N–H and O–H groups in total. The van der Waals surface area contributed by atoms with Crippen LogP contribution in [0, 0.1) is 0 Å². The summed E-state index contributed by atoms with van der Waals surface area (Å²) in [6, 6.07) is 1.34. The lowest BCUT2D eigenvalue weighted by Crippen LogP contribution is -2.60. The Morgan fingerprint density at radius 2 is 0.750 bits per heavy atom. The van der Waals surface area contributed by atoms with Gasteiger partial charge in [-0.3, -0.25) is 4.57 Å². The van der Waals surface area contributed by atoms with Crippen LogP contribution in [0.15, 0.2) is 0 Å². The van der Waals surface area contributed by atoms with Gasteiger partial charge in [0.05, 0.1) is 0 Å². The Labute approximate surface area is 173 Å². The summed E-state index contributed by atoms with van der Waals surface area (Å²) in [5, 5.41) is 0. The summed E-state index contributed by atoms with van der Waals surface area (Å²) < 4.78 is 52.1. The molecule has 0 amide bonds. The third kappa shape index (κ3) is 7.50. The van der Waals surface area contributed by atoms with Crippen molar-refractivity contribution in [1.82, 2.24) is 4.57 Å². The summed E-state index contributed by atoms with van der Waals surface area (Å²) in [5.74, 6) is 0. The average molecular weight is 462 g/mol. The molecule has 0 saturated carbocycles. The van der Waals surface area contributed by atoms with E-state index in [0.717, 1.165) is 12.8 Å². The highest BCUT2D eigenvalue weighted by atomic mass is 28.4. The molecule has 0 atom stereocenters. The second-order valence-corrected chi connectivity index (χ2v) is 15.0. The van der Waals surface area contributed by atoms with E-state index in [2.05, 4.69) is 4.57 Å². The number of rotatable bonds is 18. The first-order chi connectivity index (χ1) is 13.4. The molecular weight excluding hydrogens is 422 g/mol. The lowest BCUT2D eigenvalue weighted by Gasteiger charge is -2.36. The maximum atomic E-state index is 5.68. The molecule has 0 aliphatic rings. The number of nitrogens with zero attached hydrogens (tertiary/aromatic N) is 1. The number of hydrogen-bond donors (Lipinski definition) is 0. The first-order valence-electron chi connectivity index (χ1n) is 9.07. The summed E-state index contributed by atoms with van der Waals surface area (Å²) in [5.41, 5.74) is 0. The third-order valence-corrected chi connectivity index (χ3v) is 13.3. The molecule has 0 saturated heterocycles. The molecule has 0 rings (SSSR count). The van der Waals surface area contributed by atoms with Crippen molar-refractivity contribution in [3.63, 3.8) is 0 Å². The lowest BCUT2D eigenvalue weighted by molar-refractivity contribution is 0.0550. The van der Waals surface area contributed by atoms with Gasteiger partial charge in [0.15, 0.2) is 0 Å². The fourth-order valence-electron chi connectivity index (χ4n) is 3.11. The van der Waals surface area contributed by atoms with Crippen LogP contribution < -0.4 is 0 Å². The Morgan fingerprint density at radius 1 is 0.464 bits per heavy atom. The largest absolute Gasteiger partial charge is 0.598 e. The van der Waals surface area contributed by atoms with Crippen LogP contribution in [0.25, 0.3) is 0 Å². The van der Waals surface area contributed by atoms with Crippen molar-refractivity contribution in [2.75, 3.05) is 77.1 Å². The van der Waals surface area contributed by atoms with Crippen LogP contribution in [0.5, 0.6) is 0 Å². The Balaban J connectivity index is 5.13. The summed E-state index contributed by atoms with van der Waals surface area (Å²) in [4.78, 5) is 0. The van der Waals surface area contributed by atoms with Crippen molar-refractivity contribution in [2.24, 2.45) is 0 Å². The minimum absolute atomic E-state index is 0.668. The molecule has 0 spiro atoms. The standard InChI is InChI=1S/C15H39NO9Si3/c1-17-26(18-2,19-3)14-10-12-16(28(23-7,24-8)25-9)13-11-15-27(20-4,21-5)22-6/h10-15H2,1-9H3. The lowest BCUT2D eigenvalue weighted by atomic mass is 10.4. The minimum atomic E-state index is -2.98. The van der Waals surface area contributed by atoms with E-state index in [1.54, 1.807) is 64.0 Å². The molecule has 0 aliphatic carbocycles. The predicted octanol–water partition coefficient (Wildman–Crippen LogP) is 1.20. The quantitative estimate of drug-likeness (QED) is 0.277. The van der Waals surface area contributed by atoms with E-state index in [0.29, 0.717) is 25.2 Å². The summed E-state index contributed by atoms with van der Waals surface area (Å²) in [6.45, 7) is 1.35. The van der Waals surface area contributed by atoms with Gasteiger partial charge >= 0.3 is 26.6 Å². The highest BCUT2D eigenvalue weighted by molar-refractivity contribution is 6.61. The van der Waals surface area contributed by atoms with Gasteiger partial charge in [0.25, 0.3) is 0 Å². The van der Waals surface area contributed by atoms with Gasteiger partial charge in [-0.25, -0.2) is 0 Å². The fourth-order valence-corrected chi connectivity index (χ4v) is 8.65. The zero-order valence-electron chi connectivity index (χ0n) is 18.9. The van der Waals surface area contributed by atoms with Crippen LogP contribution in [0.1, 0.15) is 12.8 Å². The van der Waals surface area contributed by atoms with Crippen LogP contribution in [0.2, 0.25) is 12.1 Å². The van der Waals surface area contributed by atoms with Crippen molar-refractivity contribution in [1.29, 1.82) is 0 Å². The third-order valence-electron chi connectivity index (χ3n) is 4.85. The van der Waals surface area contributed by atoms with Gasteiger partial charge < -0.3 is 39.8 Å². The number of hydrogen-bond acceptors (Lipinski definition) is 10. The smallest absolute Gasteiger partial charge is 0.377 e. The normalized spacial score (nSPS) is 13.5. The van der Waals surface area contributed by atoms with E-state index in [1.807, 2.05) is 0 Å². The molecule has 0 unspecified atom stereocenters. The van der Waals surface area contributed by atoms with Gasteiger partial charge in [-0.05, 0) is 25.9 Å². The van der Waals surface area contributed by atoms with Gasteiger partial charge in [0, 0.05) is 76.1 Å². The maximum Gasteiger partial charge on any atom is 0.598 e. The van der Waals surface area contributed by atoms with Gasteiger partial charge in [0.1, 0.15) is 0 Å². The molecule has 0 heterocycles. The molecule has 0 aromatic heterocycles. The molecule has 28 heavy (non-hydrogen) atoms. The molecule has 0 bridgehead atoms. The van der Waals surface area contributed by atoms with Crippen LogP contribution in [0.3, 0.4) is 0 Å². The van der Waals surface area contributed by atoms with Crippen LogP contribution in [-0.2, 0) is 39.8 Å². The van der Waals surface area contributed by atoms with Crippen molar-refractivity contribution in [2.45, 2.75) is 24.9 Å². The topological polar surface area (TPSA) is 86.3 Å². The van der Waals surface area contributed by atoms with Gasteiger partial charge in [-0.2, -0.15) is 0 Å². The summed E-state index contributed by atoms with van der Waals surface area (Å²) in [6.07, 6.45) is 1.54. The predicted molar refractivity (Wildman–Crippen MR) is 111 cm³/mol. The second kappa shape index (κ2) is 14.3. The first kappa shape index (κ1) is 28.3. The molecule has 170 valence electrons. The first-order valence-corrected chi connectivity index (χ1v) is 14.6. The molecule has 10 nitrogen and oxygen atoms in total. The van der Waals surface area contributed by atoms with Crippen LogP contribution >= 0.6 is 0 Å². The van der Waals surface area contributed by atoms with Gasteiger partial charge in [-0.15, -0.1) is 0 Å². The monoisotopic (exact) mass is 461 g/mol. The summed E-state index contributed by atoms with van der Waals surface area (Å²) in [7, 11) is 6.21. The molecule has 0 aliphatic heterocycles. The molecule has 0 aromatic carbocycles. The van der Waals surface area contributed by atoms with Gasteiger partial charge in [-0.1, -0.05) is 0 Å². The van der Waals surface area contributed by atoms with Crippen molar-refractivity contribution in [3.05, 3.63) is 0 Å². The fraction of sp³-hybridized carbons (Fsp3) is 1.00. The van der Waals surface area contributed by atoms with E-state index >= 15 is 0 Å². The molecule has 0 aromatic rings. The van der Waals surface area contributed by atoms with Crippen molar-refractivity contribution >= 4 is 26.6 Å². The van der Waals surface area contributed by atoms with E-state index in [4.69, 9.17) is 39.8 Å². The zero-order valence-corrected chi connectivity index (χ0v) is 21.9. The van der Waals surface area contributed by atoms with Crippen LogP contribution in [-0.4, -0.2) is 108 Å².